The van der Waals surface area contributed by atoms with Crippen LogP contribution < -0.4 is 10.6 Å². The van der Waals surface area contributed by atoms with E-state index in [1.165, 1.54) is 4.90 Å². The first kappa shape index (κ1) is 30.2. The molecule has 0 radical (unpaired) electrons. The maximum absolute atomic E-state index is 13.6. The van der Waals surface area contributed by atoms with E-state index in [2.05, 4.69) is 15.6 Å². The first-order valence-corrected chi connectivity index (χ1v) is 15.6. The summed E-state index contributed by atoms with van der Waals surface area (Å²) in [5.41, 5.74) is 2.36. The van der Waals surface area contributed by atoms with E-state index < -0.39 is 45.4 Å². The maximum Gasteiger partial charge on any atom is 0.318 e. The van der Waals surface area contributed by atoms with Crippen LogP contribution in [0.1, 0.15) is 48.0 Å². The minimum atomic E-state index is -3.85. The second-order valence-corrected chi connectivity index (χ2v) is 12.2. The molecule has 1 aromatic heterocycles. The lowest BCUT2D eigenvalue weighted by Crippen LogP contribution is -2.57. The van der Waals surface area contributed by atoms with E-state index >= 15 is 0 Å². The Bertz CT molecular complexity index is 1450. The summed E-state index contributed by atoms with van der Waals surface area (Å²) in [5.74, 6) is -2.37. The summed E-state index contributed by atoms with van der Waals surface area (Å²) in [7, 11) is -3.85. The predicted octanol–water partition coefficient (Wildman–Crippen LogP) is 3.02. The second-order valence-electron chi connectivity index (χ2n) is 10.1. The van der Waals surface area contributed by atoms with E-state index in [0.717, 1.165) is 12.0 Å². The molecule has 4 rings (SSSR count). The summed E-state index contributed by atoms with van der Waals surface area (Å²) < 4.78 is 37.5. The van der Waals surface area contributed by atoms with Crippen molar-refractivity contribution < 1.29 is 32.0 Å². The highest BCUT2D eigenvalue weighted by atomic mass is 32.2. The van der Waals surface area contributed by atoms with Crippen molar-refractivity contribution in [2.45, 2.75) is 50.9 Å². The van der Waals surface area contributed by atoms with Crippen LogP contribution >= 0.6 is 0 Å². The molecule has 1 unspecified atom stereocenters. The fourth-order valence-corrected chi connectivity index (χ4v) is 6.25. The Morgan fingerprint density at radius 2 is 1.71 bits per heavy atom. The number of amides is 3. The summed E-state index contributed by atoms with van der Waals surface area (Å²) in [6.07, 6.45) is 1.67. The van der Waals surface area contributed by atoms with Crippen molar-refractivity contribution in [1.29, 1.82) is 0 Å². The smallest absolute Gasteiger partial charge is 0.318 e. The highest BCUT2D eigenvalue weighted by molar-refractivity contribution is 7.90. The van der Waals surface area contributed by atoms with Gasteiger partial charge in [0.25, 0.3) is 5.89 Å². The van der Waals surface area contributed by atoms with Crippen molar-refractivity contribution in [3.63, 3.8) is 0 Å². The summed E-state index contributed by atoms with van der Waals surface area (Å²) in [5, 5.41) is 5.28. The summed E-state index contributed by atoms with van der Waals surface area (Å²) in [6, 6.07) is 11.0. The quantitative estimate of drug-likeness (QED) is 0.309. The van der Waals surface area contributed by atoms with Gasteiger partial charge in [-0.25, -0.2) is 18.2 Å². The van der Waals surface area contributed by atoms with Crippen molar-refractivity contribution in [3.05, 3.63) is 65.5 Å². The van der Waals surface area contributed by atoms with Crippen LogP contribution in [0.2, 0.25) is 0 Å². The Balaban J connectivity index is 1.56. The number of sulfone groups is 1. The number of hydrogen-bond donors (Lipinski definition) is 2. The van der Waals surface area contributed by atoms with Gasteiger partial charge in [0.1, 0.15) is 11.6 Å². The van der Waals surface area contributed by atoms with E-state index in [1.807, 2.05) is 26.0 Å². The number of aromatic nitrogens is 1. The molecule has 220 valence electrons. The monoisotopic (exact) mass is 584 g/mol. The van der Waals surface area contributed by atoms with Gasteiger partial charge in [-0.2, -0.15) is 0 Å². The zero-order valence-corrected chi connectivity index (χ0v) is 24.1. The van der Waals surface area contributed by atoms with Gasteiger partial charge in [0.2, 0.25) is 11.7 Å². The summed E-state index contributed by atoms with van der Waals surface area (Å²) in [6.45, 7) is 5.07. The number of morpholine rings is 1. The van der Waals surface area contributed by atoms with Crippen LogP contribution in [0, 0.1) is 6.92 Å². The van der Waals surface area contributed by atoms with Gasteiger partial charge in [-0.05, 0) is 36.6 Å². The Hall–Kier alpha value is -3.77. The van der Waals surface area contributed by atoms with Crippen LogP contribution in [0.25, 0.3) is 11.1 Å². The molecular weight excluding hydrogens is 548 g/mol. The fraction of sp³-hybridized carbons (Fsp3) is 0.448. The molecule has 1 aliphatic heterocycles. The van der Waals surface area contributed by atoms with Crippen molar-refractivity contribution >= 4 is 38.7 Å². The highest BCUT2D eigenvalue weighted by Gasteiger charge is 2.33. The molecule has 1 saturated heterocycles. The van der Waals surface area contributed by atoms with Crippen molar-refractivity contribution in [2.24, 2.45) is 0 Å². The van der Waals surface area contributed by atoms with E-state index in [4.69, 9.17) is 9.15 Å². The number of rotatable bonds is 12. The third-order valence-corrected chi connectivity index (χ3v) is 8.55. The molecule has 1 fully saturated rings. The Morgan fingerprint density at radius 1 is 1.00 bits per heavy atom. The van der Waals surface area contributed by atoms with Crippen molar-refractivity contribution in [3.8, 4) is 0 Å². The number of fused-ring (bicyclic) bond motifs is 1. The van der Waals surface area contributed by atoms with Crippen molar-refractivity contribution in [1.82, 2.24) is 20.5 Å². The van der Waals surface area contributed by atoms with Gasteiger partial charge >= 0.3 is 6.03 Å². The SMILES string of the molecule is CCCC[C@H](NC(=O)C(CS(=O)(=O)Cc1ccccc1C)NC(=O)N1CCOCC1)C(=O)c1nc2ccccc2o1. The van der Waals surface area contributed by atoms with Gasteiger partial charge in [-0.1, -0.05) is 56.2 Å². The van der Waals surface area contributed by atoms with E-state index in [-0.39, 0.29) is 11.6 Å². The van der Waals surface area contributed by atoms with Gasteiger partial charge in [0.05, 0.1) is 30.8 Å². The first-order chi connectivity index (χ1) is 19.7. The number of carbonyl (C=O) groups is 3. The molecule has 11 nitrogen and oxygen atoms in total. The minimum Gasteiger partial charge on any atom is -0.434 e. The van der Waals surface area contributed by atoms with Crippen LogP contribution in [0.5, 0.6) is 0 Å². The maximum atomic E-state index is 13.6. The van der Waals surface area contributed by atoms with Gasteiger partial charge in [0, 0.05) is 13.1 Å². The van der Waals surface area contributed by atoms with E-state index in [1.54, 1.807) is 36.4 Å². The molecule has 0 bridgehead atoms. The molecule has 2 heterocycles. The molecule has 3 aromatic rings. The summed E-state index contributed by atoms with van der Waals surface area (Å²) in [4.78, 5) is 45.8. The Morgan fingerprint density at radius 3 is 2.41 bits per heavy atom. The van der Waals surface area contributed by atoms with Gasteiger partial charge < -0.3 is 24.7 Å². The molecule has 12 heteroatoms. The molecule has 2 atom stereocenters. The number of urea groups is 1. The molecular formula is C29H36N4O7S. The molecule has 3 amide bonds. The number of hydrogen-bond acceptors (Lipinski definition) is 8. The van der Waals surface area contributed by atoms with Crippen molar-refractivity contribution in [2.75, 3.05) is 32.1 Å². The largest absolute Gasteiger partial charge is 0.434 e. The highest BCUT2D eigenvalue weighted by Crippen LogP contribution is 2.18. The lowest BCUT2D eigenvalue weighted by atomic mass is 10.0. The number of benzene rings is 2. The Labute approximate surface area is 239 Å². The van der Waals surface area contributed by atoms with Gasteiger partial charge in [-0.3, -0.25) is 9.59 Å². The van der Waals surface area contributed by atoms with Gasteiger partial charge in [-0.15, -0.1) is 0 Å². The molecule has 0 aliphatic carbocycles. The summed E-state index contributed by atoms with van der Waals surface area (Å²) >= 11 is 0. The number of carbonyl (C=O) groups excluding carboxylic acids is 3. The van der Waals surface area contributed by atoms with E-state index in [0.29, 0.717) is 55.8 Å². The third kappa shape index (κ3) is 8.14. The lowest BCUT2D eigenvalue weighted by molar-refractivity contribution is -0.123. The number of nitrogens with zero attached hydrogens (tertiary/aromatic N) is 2. The molecule has 41 heavy (non-hydrogen) atoms. The topological polar surface area (TPSA) is 148 Å². The van der Waals surface area contributed by atoms with Crippen LogP contribution in [0.3, 0.4) is 0 Å². The number of ether oxygens (including phenoxy) is 1. The average Bonchev–Trinajstić information content (AvgIpc) is 3.40. The zero-order valence-electron chi connectivity index (χ0n) is 23.3. The molecule has 0 saturated carbocycles. The van der Waals surface area contributed by atoms with Crippen LogP contribution in [0.15, 0.2) is 52.9 Å². The second kappa shape index (κ2) is 13.7. The Kier molecular flexibility index (Phi) is 10.1. The van der Waals surface area contributed by atoms with Gasteiger partial charge in [0.15, 0.2) is 15.4 Å². The number of Topliss-reactive ketones (excluding diaryl/α,β-unsaturated/α-hetero) is 1. The molecule has 0 spiro atoms. The molecule has 2 aromatic carbocycles. The van der Waals surface area contributed by atoms with Crippen LogP contribution in [-0.4, -0.2) is 80.2 Å². The number of unbranched alkanes of at least 4 members (excludes halogenated alkanes) is 1. The number of nitrogens with one attached hydrogen (secondary N) is 2. The zero-order chi connectivity index (χ0) is 29.4. The average molecular weight is 585 g/mol. The third-order valence-electron chi connectivity index (χ3n) is 6.95. The minimum absolute atomic E-state index is 0.145. The standard InChI is InChI=1S/C29H36N4O7S/c1-3-4-11-23(26(34)28-31-22-12-7-8-13-25(22)40-28)30-27(35)24(32-29(36)33-14-16-39-17-15-33)19-41(37,38)18-21-10-6-5-9-20(21)2/h5-10,12-13,23-24H,3-4,11,14-19H2,1-2H3,(H,30,35)(H,32,36)/t23-,24?/m0/s1. The van der Waals surface area contributed by atoms with E-state index in [9.17, 15) is 22.8 Å². The number of aryl methyl sites for hydroxylation is 1. The number of ketones is 1. The predicted molar refractivity (Wildman–Crippen MR) is 153 cm³/mol. The lowest BCUT2D eigenvalue weighted by Gasteiger charge is -2.29. The number of oxazole rings is 1. The van der Waals surface area contributed by atoms with Crippen LogP contribution in [-0.2, 0) is 25.1 Å². The first-order valence-electron chi connectivity index (χ1n) is 13.7. The number of para-hydroxylation sites is 2. The molecule has 2 N–H and O–H groups in total. The van der Waals surface area contributed by atoms with Crippen LogP contribution in [0.4, 0.5) is 4.79 Å². The fourth-order valence-electron chi connectivity index (χ4n) is 4.59. The molecule has 1 aliphatic rings. The normalized spacial score (nSPS) is 15.3.